The van der Waals surface area contributed by atoms with Gasteiger partial charge in [-0.1, -0.05) is 6.42 Å². The van der Waals surface area contributed by atoms with Crippen LogP contribution in [0.4, 0.5) is 18.0 Å². The van der Waals surface area contributed by atoms with E-state index in [0.717, 1.165) is 25.8 Å². The van der Waals surface area contributed by atoms with Crippen molar-refractivity contribution in [2.75, 3.05) is 19.6 Å². The Balaban J connectivity index is 2.09. The molecule has 7 heteroatoms. The van der Waals surface area contributed by atoms with Gasteiger partial charge in [-0.15, -0.1) is 0 Å². The summed E-state index contributed by atoms with van der Waals surface area (Å²) in [6.07, 6.45) is -1.22. The SMILES string of the molecule is O=C(NCC1CCCCN1)NCC(F)(F)F. The van der Waals surface area contributed by atoms with Crippen LogP contribution in [0.2, 0.25) is 0 Å². The van der Waals surface area contributed by atoms with Crippen molar-refractivity contribution in [3.05, 3.63) is 0 Å². The maximum atomic E-state index is 11.8. The molecule has 1 atom stereocenters. The van der Waals surface area contributed by atoms with Gasteiger partial charge in [0.25, 0.3) is 0 Å². The molecule has 0 radical (unpaired) electrons. The lowest BCUT2D eigenvalue weighted by atomic mass is 10.1. The summed E-state index contributed by atoms with van der Waals surface area (Å²) >= 11 is 0. The molecule has 0 aliphatic carbocycles. The number of piperidine rings is 1. The van der Waals surface area contributed by atoms with Crippen LogP contribution in [0.25, 0.3) is 0 Å². The first kappa shape index (κ1) is 13.1. The van der Waals surface area contributed by atoms with Crippen LogP contribution in [0.5, 0.6) is 0 Å². The highest BCUT2D eigenvalue weighted by Crippen LogP contribution is 2.11. The van der Waals surface area contributed by atoms with Gasteiger partial charge in [-0.3, -0.25) is 0 Å². The van der Waals surface area contributed by atoms with E-state index in [1.54, 1.807) is 5.32 Å². The third kappa shape index (κ3) is 5.79. The molecule has 1 aliphatic rings. The van der Waals surface area contributed by atoms with Gasteiger partial charge in [0.15, 0.2) is 0 Å². The lowest BCUT2D eigenvalue weighted by Crippen LogP contribution is -2.47. The first-order valence-electron chi connectivity index (χ1n) is 5.29. The zero-order valence-electron chi connectivity index (χ0n) is 8.86. The van der Waals surface area contributed by atoms with Crippen LogP contribution in [-0.2, 0) is 0 Å². The Kier molecular flexibility index (Phi) is 4.85. The number of rotatable bonds is 3. The quantitative estimate of drug-likeness (QED) is 0.688. The predicted molar refractivity (Wildman–Crippen MR) is 53.1 cm³/mol. The standard InChI is InChI=1S/C9H16F3N3O/c10-9(11,12)6-15-8(16)14-5-7-3-1-2-4-13-7/h7,13H,1-6H2,(H2,14,15,16). The minimum atomic E-state index is -4.36. The monoisotopic (exact) mass is 239 g/mol. The molecular formula is C9H16F3N3O. The van der Waals surface area contributed by atoms with Gasteiger partial charge in [0.05, 0.1) is 0 Å². The van der Waals surface area contributed by atoms with Gasteiger partial charge in [0.2, 0.25) is 0 Å². The summed E-state index contributed by atoms with van der Waals surface area (Å²) in [5.74, 6) is 0. The highest BCUT2D eigenvalue weighted by molar-refractivity contribution is 5.73. The van der Waals surface area contributed by atoms with Gasteiger partial charge in [-0.2, -0.15) is 13.2 Å². The molecule has 0 spiro atoms. The van der Waals surface area contributed by atoms with Crippen LogP contribution < -0.4 is 16.0 Å². The fraction of sp³-hybridized carbons (Fsp3) is 0.889. The average molecular weight is 239 g/mol. The van der Waals surface area contributed by atoms with Crippen LogP contribution in [0.1, 0.15) is 19.3 Å². The second-order valence-corrected chi connectivity index (χ2v) is 3.83. The predicted octanol–water partition coefficient (Wildman–Crippen LogP) is 0.990. The van der Waals surface area contributed by atoms with E-state index in [9.17, 15) is 18.0 Å². The minimum absolute atomic E-state index is 0.172. The number of alkyl halides is 3. The Morgan fingerprint density at radius 1 is 1.31 bits per heavy atom. The zero-order chi connectivity index (χ0) is 12.0. The highest BCUT2D eigenvalue weighted by atomic mass is 19.4. The molecular weight excluding hydrogens is 223 g/mol. The van der Waals surface area contributed by atoms with Crippen LogP contribution >= 0.6 is 0 Å². The van der Waals surface area contributed by atoms with Gasteiger partial charge < -0.3 is 16.0 Å². The second-order valence-electron chi connectivity index (χ2n) is 3.83. The molecule has 4 nitrogen and oxygen atoms in total. The van der Waals surface area contributed by atoms with Crippen molar-refractivity contribution < 1.29 is 18.0 Å². The van der Waals surface area contributed by atoms with Crippen molar-refractivity contribution in [1.29, 1.82) is 0 Å². The van der Waals surface area contributed by atoms with Crippen LogP contribution in [0.3, 0.4) is 0 Å². The smallest absolute Gasteiger partial charge is 0.337 e. The minimum Gasteiger partial charge on any atom is -0.337 e. The topological polar surface area (TPSA) is 53.2 Å². The number of nitrogens with one attached hydrogen (secondary N) is 3. The third-order valence-electron chi connectivity index (χ3n) is 2.37. The fourth-order valence-corrected chi connectivity index (χ4v) is 1.56. The molecule has 16 heavy (non-hydrogen) atoms. The summed E-state index contributed by atoms with van der Waals surface area (Å²) < 4.78 is 35.3. The number of halogens is 3. The van der Waals surface area contributed by atoms with E-state index in [2.05, 4.69) is 10.6 Å². The summed E-state index contributed by atoms with van der Waals surface area (Å²) in [4.78, 5) is 11.0. The third-order valence-corrected chi connectivity index (χ3v) is 2.37. The van der Waals surface area contributed by atoms with E-state index in [0.29, 0.717) is 6.54 Å². The number of hydrogen-bond donors (Lipinski definition) is 3. The molecule has 0 bridgehead atoms. The first-order valence-corrected chi connectivity index (χ1v) is 5.29. The molecule has 2 amide bonds. The Hall–Kier alpha value is -0.980. The summed E-state index contributed by atoms with van der Waals surface area (Å²) in [6, 6.07) is -0.602. The lowest BCUT2D eigenvalue weighted by molar-refractivity contribution is -0.122. The molecule has 1 heterocycles. The maximum Gasteiger partial charge on any atom is 0.405 e. The molecule has 1 unspecified atom stereocenters. The van der Waals surface area contributed by atoms with Crippen molar-refractivity contribution in [2.24, 2.45) is 0 Å². The summed E-state index contributed by atoms with van der Waals surface area (Å²) in [7, 11) is 0. The molecule has 1 fully saturated rings. The largest absolute Gasteiger partial charge is 0.405 e. The molecule has 1 saturated heterocycles. The van der Waals surface area contributed by atoms with Gasteiger partial charge in [0.1, 0.15) is 6.54 Å². The molecule has 1 rings (SSSR count). The molecule has 0 aromatic rings. The fourth-order valence-electron chi connectivity index (χ4n) is 1.56. The van der Waals surface area contributed by atoms with Gasteiger partial charge in [0, 0.05) is 12.6 Å². The molecule has 0 saturated carbocycles. The first-order chi connectivity index (χ1) is 7.47. The molecule has 1 aliphatic heterocycles. The molecule has 94 valence electrons. The van der Waals surface area contributed by atoms with E-state index >= 15 is 0 Å². The zero-order valence-corrected chi connectivity index (χ0v) is 8.86. The van der Waals surface area contributed by atoms with Crippen molar-refractivity contribution in [2.45, 2.75) is 31.5 Å². The normalized spacial score (nSPS) is 21.6. The number of urea groups is 1. The van der Waals surface area contributed by atoms with E-state index in [-0.39, 0.29) is 6.04 Å². The van der Waals surface area contributed by atoms with Crippen molar-refractivity contribution in [3.8, 4) is 0 Å². The van der Waals surface area contributed by atoms with Crippen LogP contribution in [0.15, 0.2) is 0 Å². The van der Waals surface area contributed by atoms with Crippen molar-refractivity contribution in [1.82, 2.24) is 16.0 Å². The number of amides is 2. The van der Waals surface area contributed by atoms with Gasteiger partial charge >= 0.3 is 12.2 Å². The maximum absolute atomic E-state index is 11.8. The van der Waals surface area contributed by atoms with E-state index in [1.165, 1.54) is 0 Å². The average Bonchev–Trinajstić information content (AvgIpc) is 2.24. The molecule has 3 N–H and O–H groups in total. The van der Waals surface area contributed by atoms with E-state index in [1.807, 2.05) is 0 Å². The van der Waals surface area contributed by atoms with Crippen molar-refractivity contribution >= 4 is 6.03 Å². The van der Waals surface area contributed by atoms with Gasteiger partial charge in [-0.25, -0.2) is 4.79 Å². The van der Waals surface area contributed by atoms with E-state index in [4.69, 9.17) is 0 Å². The van der Waals surface area contributed by atoms with Gasteiger partial charge in [-0.05, 0) is 19.4 Å². The Morgan fingerprint density at radius 3 is 2.62 bits per heavy atom. The summed E-state index contributed by atoms with van der Waals surface area (Å²) in [5, 5.41) is 7.35. The van der Waals surface area contributed by atoms with Crippen molar-refractivity contribution in [3.63, 3.8) is 0 Å². The number of hydrogen-bond acceptors (Lipinski definition) is 2. The Labute approximate surface area is 92.0 Å². The summed E-state index contributed by atoms with van der Waals surface area (Å²) in [6.45, 7) is -0.0306. The molecule has 0 aromatic carbocycles. The number of carbonyl (C=O) groups excluding carboxylic acids is 1. The van der Waals surface area contributed by atoms with E-state index < -0.39 is 18.8 Å². The second kappa shape index (κ2) is 5.93. The van der Waals surface area contributed by atoms with Crippen LogP contribution in [-0.4, -0.2) is 37.9 Å². The number of carbonyl (C=O) groups is 1. The Morgan fingerprint density at radius 2 is 2.06 bits per heavy atom. The molecule has 0 aromatic heterocycles. The summed E-state index contributed by atoms with van der Waals surface area (Å²) in [5.41, 5.74) is 0. The lowest BCUT2D eigenvalue weighted by Gasteiger charge is -2.23. The Bertz CT molecular complexity index is 227. The van der Waals surface area contributed by atoms with Crippen LogP contribution in [0, 0.1) is 0 Å². The highest BCUT2D eigenvalue weighted by Gasteiger charge is 2.27.